The van der Waals surface area contributed by atoms with Crippen LogP contribution in [0.25, 0.3) is 10.9 Å². The van der Waals surface area contributed by atoms with Crippen molar-refractivity contribution in [3.05, 3.63) is 50.6 Å². The molecule has 2 atom stereocenters. The average Bonchev–Trinajstić information content (AvgIpc) is 3.50. The highest BCUT2D eigenvalue weighted by molar-refractivity contribution is 7.13. The first kappa shape index (κ1) is 26.9. The van der Waals surface area contributed by atoms with Crippen molar-refractivity contribution in [1.82, 2.24) is 30.4 Å². The third-order valence-electron chi connectivity index (χ3n) is 7.43. The van der Waals surface area contributed by atoms with Gasteiger partial charge in [0.25, 0.3) is 11.8 Å². The molecule has 3 aliphatic rings. The number of H-pyrrole nitrogens is 1. The Morgan fingerprint density at radius 2 is 1.87 bits per heavy atom. The van der Waals surface area contributed by atoms with Crippen LogP contribution in [0.4, 0.5) is 0 Å². The summed E-state index contributed by atoms with van der Waals surface area (Å²) >= 11 is 7.52. The zero-order valence-electron chi connectivity index (χ0n) is 21.0. The fraction of sp³-hybridized carbons (Fsp3) is 0.462. The minimum absolute atomic E-state index is 0. The molecule has 0 bridgehead atoms. The van der Waals surface area contributed by atoms with Crippen LogP contribution in [-0.4, -0.2) is 76.3 Å². The van der Waals surface area contributed by atoms with Gasteiger partial charge in [0.15, 0.2) is 5.01 Å². The molecule has 38 heavy (non-hydrogen) atoms. The third-order valence-corrected chi connectivity index (χ3v) is 8.74. The molecule has 1 aliphatic carbocycles. The first-order valence-corrected chi connectivity index (χ1v) is 13.9. The Hall–Kier alpha value is -2.66. The van der Waals surface area contributed by atoms with Crippen molar-refractivity contribution in [3.63, 3.8) is 0 Å². The molecular formula is C26H30Cl2N6O3S. The second kappa shape index (κ2) is 10.8. The van der Waals surface area contributed by atoms with Crippen LogP contribution in [0.15, 0.2) is 24.3 Å². The van der Waals surface area contributed by atoms with Crippen LogP contribution in [0.3, 0.4) is 0 Å². The molecule has 12 heteroatoms. The van der Waals surface area contributed by atoms with E-state index in [0.717, 1.165) is 53.8 Å². The minimum atomic E-state index is -0.421. The first-order valence-electron chi connectivity index (χ1n) is 12.7. The lowest BCUT2D eigenvalue weighted by atomic mass is 9.98. The number of aromatic nitrogens is 2. The van der Waals surface area contributed by atoms with E-state index in [1.807, 2.05) is 11.0 Å². The monoisotopic (exact) mass is 576 g/mol. The maximum atomic E-state index is 13.3. The Morgan fingerprint density at radius 3 is 2.66 bits per heavy atom. The summed E-state index contributed by atoms with van der Waals surface area (Å²) in [6, 6.07) is 6.44. The number of fused-ring (bicyclic) bond motifs is 2. The van der Waals surface area contributed by atoms with Crippen molar-refractivity contribution in [2.75, 3.05) is 26.7 Å². The van der Waals surface area contributed by atoms with Crippen LogP contribution >= 0.6 is 35.3 Å². The van der Waals surface area contributed by atoms with Gasteiger partial charge in [-0.15, -0.1) is 23.7 Å². The molecule has 9 nitrogen and oxygen atoms in total. The van der Waals surface area contributed by atoms with Gasteiger partial charge in [-0.3, -0.25) is 14.4 Å². The molecule has 0 spiro atoms. The van der Waals surface area contributed by atoms with Crippen molar-refractivity contribution in [3.8, 4) is 0 Å². The Kier molecular flexibility index (Phi) is 7.68. The number of amides is 3. The summed E-state index contributed by atoms with van der Waals surface area (Å²) in [4.78, 5) is 52.2. The molecule has 0 unspecified atom stereocenters. The van der Waals surface area contributed by atoms with E-state index in [4.69, 9.17) is 11.6 Å². The smallest absolute Gasteiger partial charge is 0.280 e. The summed E-state index contributed by atoms with van der Waals surface area (Å²) in [6.07, 6.45) is 3.24. The number of hydrogen-bond acceptors (Lipinski definition) is 6. The maximum Gasteiger partial charge on any atom is 0.280 e. The number of carbonyl (C=O) groups is 3. The maximum absolute atomic E-state index is 13.3. The molecule has 3 amide bonds. The highest BCUT2D eigenvalue weighted by Crippen LogP contribution is 2.32. The Balaban J connectivity index is 0.00000294. The number of nitrogens with one attached hydrogen (secondary N) is 3. The summed E-state index contributed by atoms with van der Waals surface area (Å²) in [5.74, 6) is -0.272. The standard InChI is InChI=1S/C26H29ClN6O3S.ClH/c1-32-8-6-19-22(13-32)37-25(31-19)24(35)30-21-12-33(26(36)14-2-3-14)9-7-18(21)29-23(34)20-11-15-10-16(27)4-5-17(15)28-20;/h4-5,10-11,14,18,21,28H,2-3,6-9,12-13H2,1H3,(H,29,34)(H,30,35);1H/t18-,21+;/m0./s1. The van der Waals surface area contributed by atoms with Crippen molar-refractivity contribution >= 4 is 64.0 Å². The van der Waals surface area contributed by atoms with E-state index in [0.29, 0.717) is 35.2 Å². The second-order valence-electron chi connectivity index (χ2n) is 10.3. The number of carbonyl (C=O) groups excluding carboxylic acids is 3. The number of rotatable bonds is 5. The number of thiazole rings is 1. The van der Waals surface area contributed by atoms with Gasteiger partial charge in [-0.1, -0.05) is 11.6 Å². The molecule has 1 saturated carbocycles. The first-order chi connectivity index (χ1) is 17.8. The SMILES string of the molecule is CN1CCc2nc(C(=O)N[C@@H]3CN(C(=O)C4CC4)CC[C@@H]3NC(=O)c3cc4cc(Cl)ccc4[nH]3)sc2C1.Cl. The molecule has 3 N–H and O–H groups in total. The lowest BCUT2D eigenvalue weighted by molar-refractivity contribution is -0.134. The van der Waals surface area contributed by atoms with Gasteiger partial charge in [-0.05, 0) is 50.6 Å². The number of likely N-dealkylation sites (N-methyl/N-ethyl adjacent to an activating group) is 1. The van der Waals surface area contributed by atoms with Gasteiger partial charge in [-0.25, -0.2) is 4.98 Å². The van der Waals surface area contributed by atoms with Crippen LogP contribution in [0.1, 0.15) is 50.1 Å². The summed E-state index contributed by atoms with van der Waals surface area (Å²) < 4.78 is 0. The topological polar surface area (TPSA) is 110 Å². The van der Waals surface area contributed by atoms with Gasteiger partial charge in [0.2, 0.25) is 5.91 Å². The van der Waals surface area contributed by atoms with E-state index >= 15 is 0 Å². The number of hydrogen-bond donors (Lipinski definition) is 3. The number of nitrogens with zero attached hydrogens (tertiary/aromatic N) is 3. The van der Waals surface area contributed by atoms with Crippen molar-refractivity contribution < 1.29 is 14.4 Å². The fourth-order valence-electron chi connectivity index (χ4n) is 5.18. The van der Waals surface area contributed by atoms with Crippen LogP contribution in [-0.2, 0) is 17.8 Å². The van der Waals surface area contributed by atoms with Gasteiger partial charge in [0.05, 0.1) is 17.8 Å². The molecule has 2 aliphatic heterocycles. The fourth-order valence-corrected chi connectivity index (χ4v) is 6.45. The molecule has 2 aromatic heterocycles. The zero-order valence-corrected chi connectivity index (χ0v) is 23.3. The van der Waals surface area contributed by atoms with Gasteiger partial charge in [0, 0.05) is 59.3 Å². The molecule has 2 fully saturated rings. The molecule has 0 radical (unpaired) electrons. The predicted molar refractivity (Wildman–Crippen MR) is 149 cm³/mol. The zero-order chi connectivity index (χ0) is 25.7. The third kappa shape index (κ3) is 5.54. The molecule has 1 saturated heterocycles. The number of halogens is 2. The minimum Gasteiger partial charge on any atom is -0.351 e. The molecule has 6 rings (SSSR count). The van der Waals surface area contributed by atoms with Crippen LogP contribution in [0.2, 0.25) is 5.02 Å². The normalized spacial score (nSPS) is 21.5. The predicted octanol–water partition coefficient (Wildman–Crippen LogP) is 3.23. The Bertz CT molecular complexity index is 1390. The van der Waals surface area contributed by atoms with Crippen LogP contribution < -0.4 is 10.6 Å². The molecule has 3 aromatic rings. The van der Waals surface area contributed by atoms with Gasteiger partial charge in [0.1, 0.15) is 5.69 Å². The van der Waals surface area contributed by atoms with E-state index in [1.165, 1.54) is 11.3 Å². The van der Waals surface area contributed by atoms with E-state index in [9.17, 15) is 14.4 Å². The molecule has 4 heterocycles. The molecular weight excluding hydrogens is 547 g/mol. The van der Waals surface area contributed by atoms with E-state index in [1.54, 1.807) is 18.2 Å². The van der Waals surface area contributed by atoms with E-state index in [2.05, 4.69) is 32.5 Å². The summed E-state index contributed by atoms with van der Waals surface area (Å²) in [5.41, 5.74) is 2.24. The number of piperidine rings is 1. The summed E-state index contributed by atoms with van der Waals surface area (Å²) in [7, 11) is 2.06. The van der Waals surface area contributed by atoms with Crippen LogP contribution in [0.5, 0.6) is 0 Å². The number of benzene rings is 1. The van der Waals surface area contributed by atoms with E-state index in [-0.39, 0.29) is 42.1 Å². The second-order valence-corrected chi connectivity index (χ2v) is 11.8. The van der Waals surface area contributed by atoms with Gasteiger partial charge >= 0.3 is 0 Å². The summed E-state index contributed by atoms with van der Waals surface area (Å²) in [6.45, 7) is 2.63. The number of likely N-dealkylation sites (tertiary alicyclic amines) is 1. The molecule has 202 valence electrons. The summed E-state index contributed by atoms with van der Waals surface area (Å²) in [5, 5.41) is 8.08. The lowest BCUT2D eigenvalue weighted by Gasteiger charge is -2.39. The highest BCUT2D eigenvalue weighted by Gasteiger charge is 2.39. The van der Waals surface area contributed by atoms with Crippen molar-refractivity contribution in [2.45, 2.75) is 44.3 Å². The van der Waals surface area contributed by atoms with Crippen molar-refractivity contribution in [1.29, 1.82) is 0 Å². The van der Waals surface area contributed by atoms with Gasteiger partial charge in [-0.2, -0.15) is 0 Å². The van der Waals surface area contributed by atoms with E-state index < -0.39 is 6.04 Å². The number of aromatic amines is 1. The van der Waals surface area contributed by atoms with Gasteiger partial charge < -0.3 is 25.4 Å². The highest BCUT2D eigenvalue weighted by atomic mass is 35.5. The lowest BCUT2D eigenvalue weighted by Crippen LogP contribution is -2.61. The largest absolute Gasteiger partial charge is 0.351 e. The Labute approximate surface area is 235 Å². The quantitative estimate of drug-likeness (QED) is 0.432. The molecule has 1 aromatic carbocycles. The van der Waals surface area contributed by atoms with Crippen molar-refractivity contribution in [2.24, 2.45) is 5.92 Å². The van der Waals surface area contributed by atoms with Crippen LogP contribution in [0, 0.1) is 5.92 Å². The Morgan fingerprint density at radius 1 is 1.08 bits per heavy atom. The average molecular weight is 578 g/mol.